The molecular weight excluding hydrogens is 246 g/mol. The van der Waals surface area contributed by atoms with Crippen molar-refractivity contribution in [3.63, 3.8) is 0 Å². The Morgan fingerprint density at radius 1 is 1.50 bits per heavy atom. The van der Waals surface area contributed by atoms with Crippen molar-refractivity contribution in [2.45, 2.75) is 51.2 Å². The third-order valence-electron chi connectivity index (χ3n) is 2.77. The summed E-state index contributed by atoms with van der Waals surface area (Å²) < 4.78 is 0. The Kier molecular flexibility index (Phi) is 7.05. The second kappa shape index (κ2) is 8.32. The summed E-state index contributed by atoms with van der Waals surface area (Å²) >= 11 is 1.62. The maximum atomic E-state index is 11.3. The van der Waals surface area contributed by atoms with Gasteiger partial charge in [-0.05, 0) is 32.7 Å². The van der Waals surface area contributed by atoms with Crippen molar-refractivity contribution in [2.75, 3.05) is 12.3 Å². The largest absolute Gasteiger partial charge is 0.314 e. The molecule has 1 rings (SSSR count). The van der Waals surface area contributed by atoms with Crippen LogP contribution in [0.15, 0.2) is 16.0 Å². The molecule has 0 aliphatic heterocycles. The molecule has 0 amide bonds. The summed E-state index contributed by atoms with van der Waals surface area (Å²) in [7, 11) is 0. The second-order valence-electron chi connectivity index (χ2n) is 4.35. The molecule has 1 unspecified atom stereocenters. The molecule has 1 aromatic heterocycles. The lowest BCUT2D eigenvalue weighted by molar-refractivity contribution is 0.477. The predicted octanol–water partition coefficient (Wildman–Crippen LogP) is 2.34. The van der Waals surface area contributed by atoms with E-state index in [2.05, 4.69) is 29.1 Å². The van der Waals surface area contributed by atoms with Crippen molar-refractivity contribution >= 4 is 11.8 Å². The molecule has 1 aromatic rings. The number of rotatable bonds is 8. The van der Waals surface area contributed by atoms with Crippen molar-refractivity contribution in [3.05, 3.63) is 22.1 Å². The molecule has 18 heavy (non-hydrogen) atoms. The molecule has 0 saturated carbocycles. The van der Waals surface area contributed by atoms with Gasteiger partial charge in [0.25, 0.3) is 5.56 Å². The molecule has 5 heteroatoms. The molecule has 0 bridgehead atoms. The highest BCUT2D eigenvalue weighted by molar-refractivity contribution is 7.99. The lowest BCUT2D eigenvalue weighted by Crippen LogP contribution is -2.28. The highest BCUT2D eigenvalue weighted by atomic mass is 32.2. The minimum absolute atomic E-state index is 0.0657. The van der Waals surface area contributed by atoms with Gasteiger partial charge in [-0.15, -0.1) is 0 Å². The number of thioether (sulfide) groups is 1. The number of H-pyrrole nitrogens is 1. The van der Waals surface area contributed by atoms with Crippen LogP contribution in [0, 0.1) is 6.92 Å². The number of aryl methyl sites for hydroxylation is 1. The quantitative estimate of drug-likeness (QED) is 0.432. The van der Waals surface area contributed by atoms with Crippen LogP contribution in [0.3, 0.4) is 0 Å². The second-order valence-corrected chi connectivity index (χ2v) is 5.43. The van der Waals surface area contributed by atoms with Gasteiger partial charge in [-0.2, -0.15) is 0 Å². The first-order chi connectivity index (χ1) is 8.65. The number of aromatic nitrogens is 2. The molecule has 0 aromatic carbocycles. The fourth-order valence-corrected chi connectivity index (χ4v) is 2.74. The fourth-order valence-electron chi connectivity index (χ4n) is 1.86. The minimum atomic E-state index is -0.0657. The smallest absolute Gasteiger partial charge is 0.251 e. The highest BCUT2D eigenvalue weighted by Gasteiger charge is 2.04. The van der Waals surface area contributed by atoms with Gasteiger partial charge >= 0.3 is 0 Å². The van der Waals surface area contributed by atoms with Crippen LogP contribution in [0.5, 0.6) is 0 Å². The van der Waals surface area contributed by atoms with E-state index >= 15 is 0 Å². The van der Waals surface area contributed by atoms with Crippen molar-refractivity contribution < 1.29 is 0 Å². The normalized spacial score (nSPS) is 12.6. The van der Waals surface area contributed by atoms with Gasteiger partial charge in [0, 0.05) is 23.6 Å². The van der Waals surface area contributed by atoms with Crippen LogP contribution in [0.2, 0.25) is 0 Å². The van der Waals surface area contributed by atoms with Crippen molar-refractivity contribution in [3.8, 4) is 0 Å². The lowest BCUT2D eigenvalue weighted by atomic mass is 10.1. The first-order valence-electron chi connectivity index (χ1n) is 6.59. The Balaban J connectivity index is 2.31. The fraction of sp³-hybridized carbons (Fsp3) is 0.692. The van der Waals surface area contributed by atoms with Gasteiger partial charge in [0.1, 0.15) is 0 Å². The predicted molar refractivity (Wildman–Crippen MR) is 77.3 cm³/mol. The van der Waals surface area contributed by atoms with Crippen LogP contribution < -0.4 is 10.9 Å². The van der Waals surface area contributed by atoms with E-state index in [-0.39, 0.29) is 5.56 Å². The third-order valence-corrected chi connectivity index (χ3v) is 3.73. The summed E-state index contributed by atoms with van der Waals surface area (Å²) in [6.45, 7) is 7.22. The third kappa shape index (κ3) is 5.69. The monoisotopic (exact) mass is 269 g/mol. The molecule has 0 aliphatic carbocycles. The average Bonchev–Trinajstić information content (AvgIpc) is 2.32. The zero-order chi connectivity index (χ0) is 13.4. The van der Waals surface area contributed by atoms with Crippen LogP contribution in [0.25, 0.3) is 0 Å². The van der Waals surface area contributed by atoms with Crippen LogP contribution >= 0.6 is 11.8 Å². The van der Waals surface area contributed by atoms with Gasteiger partial charge in [0.2, 0.25) is 0 Å². The van der Waals surface area contributed by atoms with Gasteiger partial charge in [0.15, 0.2) is 5.16 Å². The molecule has 0 fully saturated rings. The lowest BCUT2D eigenvalue weighted by Gasteiger charge is -2.14. The van der Waals surface area contributed by atoms with Crippen LogP contribution in [0.4, 0.5) is 0 Å². The summed E-state index contributed by atoms with van der Waals surface area (Å²) in [5.74, 6) is 0.994. The minimum Gasteiger partial charge on any atom is -0.314 e. The first-order valence-corrected chi connectivity index (χ1v) is 7.58. The average molecular weight is 269 g/mol. The molecule has 102 valence electrons. The van der Waals surface area contributed by atoms with E-state index in [1.165, 1.54) is 12.5 Å². The van der Waals surface area contributed by atoms with Gasteiger partial charge in [-0.3, -0.25) is 4.79 Å². The Hall–Kier alpha value is -0.810. The molecular formula is C13H23N3OS. The number of nitrogens with one attached hydrogen (secondary N) is 2. The van der Waals surface area contributed by atoms with Gasteiger partial charge < -0.3 is 10.3 Å². The summed E-state index contributed by atoms with van der Waals surface area (Å²) in [6.07, 6.45) is 3.47. The molecule has 1 atom stereocenters. The Morgan fingerprint density at radius 3 is 2.89 bits per heavy atom. The molecule has 4 nitrogen and oxygen atoms in total. The summed E-state index contributed by atoms with van der Waals surface area (Å²) in [6, 6.07) is 2.13. The molecule has 2 N–H and O–H groups in total. The van der Waals surface area contributed by atoms with Gasteiger partial charge in [-0.25, -0.2) is 4.98 Å². The standard InChI is InChI=1S/C13H23N3OS/c1-4-11(14-5-2)7-6-8-18-13-15-10(3)9-12(17)16-13/h9,11,14H,4-8H2,1-3H3,(H,15,16,17). The SMILES string of the molecule is CCNC(CC)CCCSc1nc(C)cc(=O)[nH]1. The van der Waals surface area contributed by atoms with Gasteiger partial charge in [-0.1, -0.05) is 25.6 Å². The van der Waals surface area contributed by atoms with Crippen molar-refractivity contribution in [2.24, 2.45) is 0 Å². The van der Waals surface area contributed by atoms with E-state index in [4.69, 9.17) is 0 Å². The molecule has 0 saturated heterocycles. The van der Waals surface area contributed by atoms with E-state index < -0.39 is 0 Å². The van der Waals surface area contributed by atoms with E-state index in [0.717, 1.165) is 36.0 Å². The summed E-state index contributed by atoms with van der Waals surface area (Å²) in [5.41, 5.74) is 0.712. The number of hydrogen-bond acceptors (Lipinski definition) is 4. The number of nitrogens with zero attached hydrogens (tertiary/aromatic N) is 1. The maximum absolute atomic E-state index is 11.3. The van der Waals surface area contributed by atoms with Gasteiger partial charge in [0.05, 0.1) is 0 Å². The van der Waals surface area contributed by atoms with E-state index in [9.17, 15) is 4.79 Å². The highest BCUT2D eigenvalue weighted by Crippen LogP contribution is 2.14. The Morgan fingerprint density at radius 2 is 2.28 bits per heavy atom. The van der Waals surface area contributed by atoms with Crippen LogP contribution in [0.1, 0.15) is 38.8 Å². The van der Waals surface area contributed by atoms with Crippen molar-refractivity contribution in [1.82, 2.24) is 15.3 Å². The summed E-state index contributed by atoms with van der Waals surface area (Å²) in [5, 5.41) is 4.20. The van der Waals surface area contributed by atoms with E-state index in [1.807, 2.05) is 6.92 Å². The number of aromatic amines is 1. The number of hydrogen-bond donors (Lipinski definition) is 2. The van der Waals surface area contributed by atoms with E-state index in [1.54, 1.807) is 11.8 Å². The molecule has 0 radical (unpaired) electrons. The van der Waals surface area contributed by atoms with E-state index in [0.29, 0.717) is 6.04 Å². The topological polar surface area (TPSA) is 57.8 Å². The first kappa shape index (κ1) is 15.2. The zero-order valence-corrected chi connectivity index (χ0v) is 12.3. The maximum Gasteiger partial charge on any atom is 0.251 e. The summed E-state index contributed by atoms with van der Waals surface area (Å²) in [4.78, 5) is 18.3. The Bertz CT molecular complexity index is 405. The Labute approximate surface area is 113 Å². The zero-order valence-electron chi connectivity index (χ0n) is 11.5. The molecule has 0 aliphatic rings. The van der Waals surface area contributed by atoms with Crippen LogP contribution in [-0.2, 0) is 0 Å². The van der Waals surface area contributed by atoms with Crippen molar-refractivity contribution in [1.29, 1.82) is 0 Å². The molecule has 1 heterocycles. The molecule has 0 spiro atoms. The van der Waals surface area contributed by atoms with Crippen LogP contribution in [-0.4, -0.2) is 28.3 Å².